The van der Waals surface area contributed by atoms with Gasteiger partial charge in [-0.1, -0.05) is 12.1 Å². The first-order valence-corrected chi connectivity index (χ1v) is 9.40. The van der Waals surface area contributed by atoms with Crippen LogP contribution in [0.25, 0.3) is 0 Å². The molecule has 0 aromatic heterocycles. The first-order valence-electron chi connectivity index (χ1n) is 9.40. The molecule has 9 heteroatoms. The van der Waals surface area contributed by atoms with E-state index in [0.29, 0.717) is 6.42 Å². The molecule has 0 radical (unpaired) electrons. The van der Waals surface area contributed by atoms with Gasteiger partial charge in [-0.3, -0.25) is 4.79 Å². The number of rotatable bonds is 6. The lowest BCUT2D eigenvalue weighted by Crippen LogP contribution is -2.58. The van der Waals surface area contributed by atoms with Gasteiger partial charge in [-0.15, -0.1) is 0 Å². The van der Waals surface area contributed by atoms with Crippen molar-refractivity contribution in [3.63, 3.8) is 0 Å². The van der Waals surface area contributed by atoms with E-state index in [0.717, 1.165) is 17.7 Å². The molecule has 2 aromatic rings. The quantitative estimate of drug-likeness (QED) is 0.372. The number of phenols is 3. The third-order valence-corrected chi connectivity index (χ3v) is 4.97. The van der Waals surface area contributed by atoms with Crippen LogP contribution in [0.2, 0.25) is 0 Å². The standard InChI is InChI=1S/C21H24O9/c1-10-18(26)19(27)20(28)21(29-10)30-16-9-13(23)8-15(25)17(16)14(24)7-4-11-2-5-12(22)6-3-11/h2-3,5-6,8-10,18-23,25-28H,4,7H2,1H3/t10-,18-,19+,20+,21-/m0/s1. The summed E-state index contributed by atoms with van der Waals surface area (Å²) in [7, 11) is 0. The number of ether oxygens (including phenoxy) is 2. The average molecular weight is 420 g/mol. The summed E-state index contributed by atoms with van der Waals surface area (Å²) in [5.74, 6) is -1.52. The van der Waals surface area contributed by atoms with Gasteiger partial charge in [0.15, 0.2) is 5.78 Å². The highest BCUT2D eigenvalue weighted by Crippen LogP contribution is 2.36. The van der Waals surface area contributed by atoms with E-state index in [1.54, 1.807) is 12.1 Å². The number of carbonyl (C=O) groups is 1. The van der Waals surface area contributed by atoms with Crippen LogP contribution < -0.4 is 4.74 Å². The molecule has 30 heavy (non-hydrogen) atoms. The number of hydrogen-bond donors (Lipinski definition) is 6. The Balaban J connectivity index is 1.81. The fourth-order valence-electron chi connectivity index (χ4n) is 3.24. The minimum Gasteiger partial charge on any atom is -0.508 e. The number of aromatic hydroxyl groups is 3. The maximum Gasteiger partial charge on any atom is 0.229 e. The van der Waals surface area contributed by atoms with Crippen LogP contribution in [0.15, 0.2) is 36.4 Å². The van der Waals surface area contributed by atoms with Crippen LogP contribution in [-0.2, 0) is 11.2 Å². The number of Topliss-reactive ketones (excluding diaryl/α,β-unsaturated/α-hetero) is 1. The Labute approximate surface area is 172 Å². The summed E-state index contributed by atoms with van der Waals surface area (Å²) in [5.41, 5.74) is 0.578. The van der Waals surface area contributed by atoms with Crippen molar-refractivity contribution in [1.29, 1.82) is 0 Å². The predicted octanol–water partition coefficient (Wildman–Crippen LogP) is 0.825. The van der Waals surface area contributed by atoms with Crippen molar-refractivity contribution in [3.8, 4) is 23.0 Å². The first kappa shape index (κ1) is 21.8. The lowest BCUT2D eigenvalue weighted by molar-refractivity contribution is -0.268. The maximum atomic E-state index is 12.8. The van der Waals surface area contributed by atoms with Crippen molar-refractivity contribution < 1.29 is 44.9 Å². The van der Waals surface area contributed by atoms with Crippen LogP contribution in [0.5, 0.6) is 23.0 Å². The monoisotopic (exact) mass is 420 g/mol. The van der Waals surface area contributed by atoms with Gasteiger partial charge >= 0.3 is 0 Å². The van der Waals surface area contributed by atoms with Crippen molar-refractivity contribution in [2.24, 2.45) is 0 Å². The van der Waals surface area contributed by atoms with Crippen LogP contribution >= 0.6 is 0 Å². The molecule has 3 rings (SSSR count). The summed E-state index contributed by atoms with van der Waals surface area (Å²) in [6.07, 6.45) is -6.49. The van der Waals surface area contributed by atoms with Crippen LogP contribution in [0, 0.1) is 0 Å². The summed E-state index contributed by atoms with van der Waals surface area (Å²) < 4.78 is 10.9. The molecule has 0 amide bonds. The van der Waals surface area contributed by atoms with Gasteiger partial charge < -0.3 is 40.1 Å². The molecule has 1 heterocycles. The van der Waals surface area contributed by atoms with E-state index in [2.05, 4.69) is 0 Å². The number of aryl methyl sites for hydroxylation is 1. The highest BCUT2D eigenvalue weighted by Gasteiger charge is 2.43. The Kier molecular flexibility index (Phi) is 6.47. The van der Waals surface area contributed by atoms with Crippen molar-refractivity contribution in [2.45, 2.75) is 50.5 Å². The zero-order chi connectivity index (χ0) is 22.0. The number of hydrogen-bond acceptors (Lipinski definition) is 9. The minimum absolute atomic E-state index is 0.00864. The molecule has 162 valence electrons. The molecule has 0 bridgehead atoms. The summed E-state index contributed by atoms with van der Waals surface area (Å²) >= 11 is 0. The lowest BCUT2D eigenvalue weighted by atomic mass is 9.99. The smallest absolute Gasteiger partial charge is 0.229 e. The van der Waals surface area contributed by atoms with Gasteiger partial charge in [0.25, 0.3) is 0 Å². The minimum atomic E-state index is -1.62. The van der Waals surface area contributed by atoms with Crippen LogP contribution in [0.3, 0.4) is 0 Å². The fourth-order valence-corrected chi connectivity index (χ4v) is 3.24. The number of ketones is 1. The Morgan fingerprint density at radius 1 is 0.967 bits per heavy atom. The zero-order valence-electron chi connectivity index (χ0n) is 16.2. The Morgan fingerprint density at radius 2 is 1.63 bits per heavy atom. The molecule has 1 saturated heterocycles. The molecular weight excluding hydrogens is 396 g/mol. The van der Waals surface area contributed by atoms with Crippen molar-refractivity contribution in [1.82, 2.24) is 0 Å². The second kappa shape index (κ2) is 8.88. The molecule has 9 nitrogen and oxygen atoms in total. The molecule has 2 aromatic carbocycles. The normalized spacial score (nSPS) is 26.3. The molecule has 1 fully saturated rings. The number of aliphatic hydroxyl groups is 3. The zero-order valence-corrected chi connectivity index (χ0v) is 16.2. The lowest BCUT2D eigenvalue weighted by Gasteiger charge is -2.39. The Morgan fingerprint density at radius 3 is 2.30 bits per heavy atom. The molecular formula is C21H24O9. The molecule has 5 atom stereocenters. The molecule has 0 aliphatic carbocycles. The number of aliphatic hydroxyl groups excluding tert-OH is 3. The summed E-state index contributed by atoms with van der Waals surface area (Å²) in [6, 6.07) is 8.39. The van der Waals surface area contributed by atoms with E-state index in [1.165, 1.54) is 19.1 Å². The third kappa shape index (κ3) is 4.65. The predicted molar refractivity (Wildman–Crippen MR) is 104 cm³/mol. The van der Waals surface area contributed by atoms with Gasteiger partial charge in [0.05, 0.1) is 6.10 Å². The van der Waals surface area contributed by atoms with Gasteiger partial charge in [-0.2, -0.15) is 0 Å². The maximum absolute atomic E-state index is 12.8. The van der Waals surface area contributed by atoms with Gasteiger partial charge in [0.2, 0.25) is 6.29 Å². The van der Waals surface area contributed by atoms with E-state index in [-0.39, 0.29) is 29.2 Å². The fraction of sp³-hybridized carbons (Fsp3) is 0.381. The Hall–Kier alpha value is -2.85. The Bertz CT molecular complexity index is 896. The van der Waals surface area contributed by atoms with Gasteiger partial charge in [-0.25, -0.2) is 0 Å². The van der Waals surface area contributed by atoms with Gasteiger partial charge in [0, 0.05) is 18.6 Å². The SMILES string of the molecule is C[C@@H]1O[C@@H](Oc2cc(O)cc(O)c2C(=O)CCc2ccc(O)cc2)[C@H](O)[C@H](O)[C@H]1O. The highest BCUT2D eigenvalue weighted by molar-refractivity contribution is 6.01. The number of phenolic OH excluding ortho intramolecular Hbond substituents is 3. The van der Waals surface area contributed by atoms with Crippen LogP contribution in [-0.4, -0.2) is 67.1 Å². The third-order valence-electron chi connectivity index (χ3n) is 4.97. The topological polar surface area (TPSA) is 157 Å². The molecule has 0 unspecified atom stereocenters. The van der Waals surface area contributed by atoms with E-state index < -0.39 is 42.2 Å². The largest absolute Gasteiger partial charge is 0.508 e. The van der Waals surface area contributed by atoms with Crippen molar-refractivity contribution >= 4 is 5.78 Å². The van der Waals surface area contributed by atoms with Crippen molar-refractivity contribution in [2.75, 3.05) is 0 Å². The second-order valence-corrected chi connectivity index (χ2v) is 7.23. The molecule has 1 aliphatic rings. The summed E-state index contributed by atoms with van der Waals surface area (Å²) in [5, 5.41) is 59.2. The number of carbonyl (C=O) groups excluding carboxylic acids is 1. The first-order chi connectivity index (χ1) is 14.2. The van der Waals surface area contributed by atoms with E-state index in [1.807, 2.05) is 0 Å². The molecule has 1 aliphatic heterocycles. The molecule has 0 spiro atoms. The summed E-state index contributed by atoms with van der Waals surface area (Å²) in [4.78, 5) is 12.8. The van der Waals surface area contributed by atoms with Gasteiger partial charge in [0.1, 0.15) is 46.9 Å². The molecule has 6 N–H and O–H groups in total. The van der Waals surface area contributed by atoms with E-state index in [4.69, 9.17) is 9.47 Å². The summed E-state index contributed by atoms with van der Waals surface area (Å²) in [6.45, 7) is 1.47. The average Bonchev–Trinajstić information content (AvgIpc) is 2.69. The number of benzene rings is 2. The van der Waals surface area contributed by atoms with E-state index >= 15 is 0 Å². The second-order valence-electron chi connectivity index (χ2n) is 7.23. The van der Waals surface area contributed by atoms with E-state index in [9.17, 15) is 35.4 Å². The van der Waals surface area contributed by atoms with Crippen molar-refractivity contribution in [3.05, 3.63) is 47.5 Å². The van der Waals surface area contributed by atoms with Crippen LogP contribution in [0.1, 0.15) is 29.3 Å². The molecule has 0 saturated carbocycles. The highest BCUT2D eigenvalue weighted by atomic mass is 16.7. The van der Waals surface area contributed by atoms with Gasteiger partial charge in [-0.05, 0) is 31.0 Å². The van der Waals surface area contributed by atoms with Crippen LogP contribution in [0.4, 0.5) is 0 Å².